The Morgan fingerprint density at radius 3 is 2.64 bits per heavy atom. The topological polar surface area (TPSA) is 46.7 Å². The average molecular weight is 344 g/mol. The molecular formula is C15H16ClF2N3S. The molecule has 0 spiro atoms. The highest BCUT2D eigenvalue weighted by atomic mass is 35.5. The lowest BCUT2D eigenvalue weighted by atomic mass is 9.94. The minimum atomic E-state index is -0.519. The summed E-state index contributed by atoms with van der Waals surface area (Å²) >= 11 is 5.36. The molecular weight excluding hydrogens is 328 g/mol. The molecule has 3 nitrogen and oxygen atoms in total. The number of imidazole rings is 1. The molecule has 2 aromatic rings. The average Bonchev–Trinajstić information content (AvgIpc) is 2.92. The van der Waals surface area contributed by atoms with Crippen LogP contribution in [0.2, 0.25) is 0 Å². The van der Waals surface area contributed by atoms with E-state index in [-0.39, 0.29) is 23.7 Å². The number of fused-ring (bicyclic) bond motifs is 3. The van der Waals surface area contributed by atoms with Gasteiger partial charge in [0, 0.05) is 41.8 Å². The molecule has 0 radical (unpaired) electrons. The minimum Gasteiger partial charge on any atom is -0.334 e. The number of halogens is 3. The van der Waals surface area contributed by atoms with Gasteiger partial charge in [-0.05, 0) is 42.9 Å². The second kappa shape index (κ2) is 5.15. The highest BCUT2D eigenvalue weighted by molar-refractivity contribution is 7.71. The van der Waals surface area contributed by atoms with E-state index in [0.29, 0.717) is 17.9 Å². The van der Waals surface area contributed by atoms with Gasteiger partial charge in [0.15, 0.2) is 4.77 Å². The first-order chi connectivity index (χ1) is 10.0. The molecule has 0 amide bonds. The zero-order valence-corrected chi connectivity index (χ0v) is 13.4. The van der Waals surface area contributed by atoms with Gasteiger partial charge in [-0.3, -0.25) is 0 Å². The van der Waals surface area contributed by atoms with E-state index in [1.807, 2.05) is 0 Å². The first-order valence-corrected chi connectivity index (χ1v) is 7.44. The number of aromatic nitrogens is 2. The zero-order valence-electron chi connectivity index (χ0n) is 11.7. The molecule has 118 valence electrons. The van der Waals surface area contributed by atoms with Gasteiger partial charge in [-0.1, -0.05) is 0 Å². The number of aromatic amines is 1. The molecule has 0 saturated heterocycles. The van der Waals surface area contributed by atoms with E-state index in [1.165, 1.54) is 17.8 Å². The number of nitrogens with two attached hydrogens (primary N) is 1. The van der Waals surface area contributed by atoms with Crippen molar-refractivity contribution in [2.45, 2.75) is 30.7 Å². The Bertz CT molecular complexity index is 780. The van der Waals surface area contributed by atoms with Gasteiger partial charge >= 0.3 is 0 Å². The highest BCUT2D eigenvalue weighted by Gasteiger charge is 2.62. The van der Waals surface area contributed by atoms with Gasteiger partial charge in [-0.2, -0.15) is 0 Å². The fourth-order valence-corrected chi connectivity index (χ4v) is 4.08. The normalized spacial score (nSPS) is 24.6. The predicted octanol–water partition coefficient (Wildman–Crippen LogP) is 3.19. The van der Waals surface area contributed by atoms with Gasteiger partial charge in [0.1, 0.15) is 11.6 Å². The van der Waals surface area contributed by atoms with Crippen LogP contribution >= 0.6 is 24.6 Å². The molecule has 2 heterocycles. The van der Waals surface area contributed by atoms with Crippen LogP contribution in [0.5, 0.6) is 0 Å². The van der Waals surface area contributed by atoms with Gasteiger partial charge in [0.25, 0.3) is 0 Å². The number of benzene rings is 1. The third-order valence-electron chi connectivity index (χ3n) is 4.78. The largest absolute Gasteiger partial charge is 0.334 e. The van der Waals surface area contributed by atoms with Gasteiger partial charge in [0.05, 0.1) is 0 Å². The van der Waals surface area contributed by atoms with Crippen molar-refractivity contribution in [2.75, 3.05) is 6.54 Å². The number of nitrogens with one attached hydrogen (secondary N) is 1. The first kappa shape index (κ1) is 15.6. The van der Waals surface area contributed by atoms with Crippen molar-refractivity contribution >= 4 is 24.6 Å². The monoisotopic (exact) mass is 343 g/mol. The van der Waals surface area contributed by atoms with Gasteiger partial charge in [0.2, 0.25) is 0 Å². The van der Waals surface area contributed by atoms with Crippen LogP contribution in [0.1, 0.15) is 29.3 Å². The lowest BCUT2D eigenvalue weighted by molar-refractivity contribution is 0.548. The van der Waals surface area contributed by atoms with Crippen LogP contribution in [0.3, 0.4) is 0 Å². The Morgan fingerprint density at radius 2 is 2.00 bits per heavy atom. The molecule has 1 aromatic carbocycles. The van der Waals surface area contributed by atoms with E-state index in [0.717, 1.165) is 30.2 Å². The summed E-state index contributed by atoms with van der Waals surface area (Å²) in [6, 6.07) is 3.81. The molecule has 3 N–H and O–H groups in total. The number of H-pyrrole nitrogens is 1. The molecule has 0 bridgehead atoms. The molecule has 1 fully saturated rings. The molecule has 7 heteroatoms. The van der Waals surface area contributed by atoms with Crippen molar-refractivity contribution in [2.24, 2.45) is 5.73 Å². The number of hydrogen-bond donors (Lipinski definition) is 2. The van der Waals surface area contributed by atoms with Crippen molar-refractivity contribution in [3.8, 4) is 0 Å². The SMILES string of the molecule is Cl.NCCc1[nH]c(=S)n2c1[C@@H]1C[C@]1(c1cc(F)cc(F)c1)C2. The van der Waals surface area contributed by atoms with Crippen LogP contribution in [0, 0.1) is 16.4 Å². The van der Waals surface area contributed by atoms with Crippen LogP contribution < -0.4 is 5.73 Å². The maximum absolute atomic E-state index is 13.5. The number of rotatable bonds is 3. The first-order valence-electron chi connectivity index (χ1n) is 7.03. The Kier molecular flexibility index (Phi) is 3.66. The standard InChI is InChI=1S/C15H15F2N3S.ClH/c16-9-3-8(4-10(17)5-9)15-6-11(15)13-12(1-2-18)19-14(21)20(13)7-15;/h3-5,11H,1-2,6-7,18H2,(H,19,21);1H/t11-,15+;/m0./s1. The van der Waals surface area contributed by atoms with Crippen molar-refractivity contribution in [3.63, 3.8) is 0 Å². The van der Waals surface area contributed by atoms with Crippen LogP contribution in [-0.4, -0.2) is 16.1 Å². The second-order valence-electron chi connectivity index (χ2n) is 5.99. The summed E-state index contributed by atoms with van der Waals surface area (Å²) in [6.07, 6.45) is 1.66. The van der Waals surface area contributed by atoms with Crippen LogP contribution in [-0.2, 0) is 18.4 Å². The quantitative estimate of drug-likeness (QED) is 0.841. The predicted molar refractivity (Wildman–Crippen MR) is 85.0 cm³/mol. The van der Waals surface area contributed by atoms with E-state index in [9.17, 15) is 8.78 Å². The molecule has 1 aromatic heterocycles. The van der Waals surface area contributed by atoms with Crippen molar-refractivity contribution < 1.29 is 8.78 Å². The Hall–Kier alpha value is -1.24. The molecule has 1 saturated carbocycles. The van der Waals surface area contributed by atoms with E-state index >= 15 is 0 Å². The Balaban J connectivity index is 0.00000144. The smallest absolute Gasteiger partial charge is 0.177 e. The summed E-state index contributed by atoms with van der Waals surface area (Å²) in [5.74, 6) is -0.754. The van der Waals surface area contributed by atoms with E-state index < -0.39 is 11.6 Å². The molecule has 0 unspecified atom stereocenters. The van der Waals surface area contributed by atoms with Crippen LogP contribution in [0.15, 0.2) is 18.2 Å². The summed E-state index contributed by atoms with van der Waals surface area (Å²) in [6.45, 7) is 1.24. The zero-order chi connectivity index (χ0) is 14.8. The summed E-state index contributed by atoms with van der Waals surface area (Å²) in [5, 5.41) is 0. The Labute approximate surface area is 137 Å². The maximum atomic E-state index is 13.5. The van der Waals surface area contributed by atoms with Gasteiger partial charge < -0.3 is 15.3 Å². The number of hydrogen-bond acceptors (Lipinski definition) is 2. The molecule has 4 rings (SSSR count). The number of nitrogens with zero attached hydrogens (tertiary/aromatic N) is 1. The van der Waals surface area contributed by atoms with Crippen molar-refractivity contribution in [1.29, 1.82) is 0 Å². The molecule has 22 heavy (non-hydrogen) atoms. The summed E-state index contributed by atoms with van der Waals surface area (Å²) < 4.78 is 29.8. The fraction of sp³-hybridized carbons (Fsp3) is 0.400. The maximum Gasteiger partial charge on any atom is 0.177 e. The van der Waals surface area contributed by atoms with Gasteiger partial charge in [-0.15, -0.1) is 12.4 Å². The van der Waals surface area contributed by atoms with E-state index in [4.69, 9.17) is 18.0 Å². The lowest BCUT2D eigenvalue weighted by Crippen LogP contribution is -2.13. The molecule has 1 aliphatic heterocycles. The lowest BCUT2D eigenvalue weighted by Gasteiger charge is -2.13. The third-order valence-corrected chi connectivity index (χ3v) is 5.10. The van der Waals surface area contributed by atoms with Crippen molar-refractivity contribution in [3.05, 3.63) is 51.6 Å². The molecule has 2 atom stereocenters. The van der Waals surface area contributed by atoms with E-state index in [1.54, 1.807) is 0 Å². The summed E-state index contributed by atoms with van der Waals surface area (Å²) in [7, 11) is 0. The highest BCUT2D eigenvalue weighted by Crippen LogP contribution is 2.66. The van der Waals surface area contributed by atoms with Crippen molar-refractivity contribution in [1.82, 2.24) is 9.55 Å². The summed E-state index contributed by atoms with van der Waals surface area (Å²) in [5.41, 5.74) is 8.44. The molecule has 2 aliphatic rings. The second-order valence-corrected chi connectivity index (χ2v) is 6.38. The van der Waals surface area contributed by atoms with Crippen LogP contribution in [0.4, 0.5) is 8.78 Å². The molecule has 1 aliphatic carbocycles. The fourth-order valence-electron chi connectivity index (χ4n) is 3.80. The van der Waals surface area contributed by atoms with Gasteiger partial charge in [-0.25, -0.2) is 8.78 Å². The van der Waals surface area contributed by atoms with E-state index in [2.05, 4.69) is 9.55 Å². The summed E-state index contributed by atoms with van der Waals surface area (Å²) in [4.78, 5) is 3.21. The van der Waals surface area contributed by atoms with Crippen LogP contribution in [0.25, 0.3) is 0 Å². The minimum absolute atomic E-state index is 0. The Morgan fingerprint density at radius 1 is 1.32 bits per heavy atom. The third kappa shape index (κ3) is 2.05.